The summed E-state index contributed by atoms with van der Waals surface area (Å²) in [6.07, 6.45) is 36.4. The maximum absolute atomic E-state index is 13.0. The summed E-state index contributed by atoms with van der Waals surface area (Å²) in [5, 5.41) is 0. The second-order valence-electron chi connectivity index (χ2n) is 14.3. The molecule has 0 saturated heterocycles. The van der Waals surface area contributed by atoms with Crippen molar-refractivity contribution in [1.29, 1.82) is 0 Å². The number of benzene rings is 1. The Balaban J connectivity index is 2.18. The molecule has 0 radical (unpaired) electrons. The molecule has 0 atom stereocenters. The van der Waals surface area contributed by atoms with Gasteiger partial charge in [0.15, 0.2) is 0 Å². The summed E-state index contributed by atoms with van der Waals surface area (Å²) < 4.78 is 43.4. The van der Waals surface area contributed by atoms with Crippen molar-refractivity contribution in [3.05, 3.63) is 29.8 Å². The van der Waals surface area contributed by atoms with E-state index in [4.69, 9.17) is 13.7 Å². The third kappa shape index (κ3) is 27.8. The molecule has 0 aliphatic carbocycles. The Kier molecular flexibility index (Phi) is 31.2. The Hall–Kier alpha value is -0.950. The molecule has 0 bridgehead atoms. The van der Waals surface area contributed by atoms with Crippen LogP contribution < -0.4 is 0 Å². The van der Waals surface area contributed by atoms with E-state index < -0.39 is 16.2 Å². The molecule has 1 aromatic carbocycles. The van der Waals surface area contributed by atoms with Gasteiger partial charge in [-0.3, -0.25) is 4.18 Å². The van der Waals surface area contributed by atoms with Crippen molar-refractivity contribution in [3.63, 3.8) is 0 Å². The van der Waals surface area contributed by atoms with E-state index in [9.17, 15) is 8.42 Å². The van der Waals surface area contributed by atoms with Gasteiger partial charge in [0, 0.05) is 13.2 Å². The Morgan fingerprint density at radius 3 is 1.06 bits per heavy atom. The SMILES string of the molecule is CCCCCCCCCCCCCCCCOCC(COCCCCCCCCCCCCCCCC)OS(=O)(=O)c1ccc(C)cc1. The summed E-state index contributed by atoms with van der Waals surface area (Å²) in [5.41, 5.74) is 1.01. The van der Waals surface area contributed by atoms with Gasteiger partial charge in [-0.05, 0) is 31.9 Å². The summed E-state index contributed by atoms with van der Waals surface area (Å²) in [4.78, 5) is 0.178. The van der Waals surface area contributed by atoms with Gasteiger partial charge >= 0.3 is 0 Å². The van der Waals surface area contributed by atoms with Gasteiger partial charge < -0.3 is 9.47 Å². The van der Waals surface area contributed by atoms with E-state index in [0.717, 1.165) is 31.2 Å². The van der Waals surface area contributed by atoms with Crippen LogP contribution in [0.2, 0.25) is 0 Å². The Morgan fingerprint density at radius 1 is 0.458 bits per heavy atom. The van der Waals surface area contributed by atoms with Gasteiger partial charge in [0.05, 0.1) is 18.1 Å². The van der Waals surface area contributed by atoms with Gasteiger partial charge in [-0.2, -0.15) is 8.42 Å². The Bertz CT molecular complexity index is 865. The lowest BCUT2D eigenvalue weighted by molar-refractivity contribution is -0.00508. The predicted molar refractivity (Wildman–Crippen MR) is 205 cm³/mol. The zero-order chi connectivity index (χ0) is 34.8. The van der Waals surface area contributed by atoms with Crippen molar-refractivity contribution in [2.75, 3.05) is 26.4 Å². The first-order valence-corrected chi connectivity index (χ1v) is 22.1. The fourth-order valence-electron chi connectivity index (χ4n) is 6.27. The molecule has 1 rings (SSSR count). The molecule has 0 spiro atoms. The minimum absolute atomic E-state index is 0.178. The summed E-state index contributed by atoms with van der Waals surface area (Å²) in [7, 11) is -3.88. The minimum atomic E-state index is -3.88. The minimum Gasteiger partial charge on any atom is -0.379 e. The average Bonchev–Trinajstić information content (AvgIpc) is 3.07. The first kappa shape index (κ1) is 45.1. The molecule has 0 saturated carbocycles. The quantitative estimate of drug-likeness (QED) is 0.0512. The van der Waals surface area contributed by atoms with E-state index in [1.165, 1.54) is 154 Å². The summed E-state index contributed by atoms with van der Waals surface area (Å²) >= 11 is 0. The molecule has 0 fully saturated rings. The maximum atomic E-state index is 13.0. The van der Waals surface area contributed by atoms with Crippen LogP contribution in [0.15, 0.2) is 29.2 Å². The van der Waals surface area contributed by atoms with Crippen LogP contribution in [0.3, 0.4) is 0 Å². The Labute approximate surface area is 299 Å². The highest BCUT2D eigenvalue weighted by Gasteiger charge is 2.22. The van der Waals surface area contributed by atoms with Gasteiger partial charge in [0.1, 0.15) is 6.10 Å². The van der Waals surface area contributed by atoms with Gasteiger partial charge in [0.25, 0.3) is 10.1 Å². The molecule has 0 aliphatic heterocycles. The largest absolute Gasteiger partial charge is 0.379 e. The highest BCUT2D eigenvalue weighted by molar-refractivity contribution is 7.86. The first-order valence-electron chi connectivity index (χ1n) is 20.6. The lowest BCUT2D eigenvalue weighted by atomic mass is 10.0. The zero-order valence-corrected chi connectivity index (χ0v) is 32.8. The third-order valence-electron chi connectivity index (χ3n) is 9.46. The zero-order valence-electron chi connectivity index (χ0n) is 32.0. The number of hydrogen-bond acceptors (Lipinski definition) is 5. The fourth-order valence-corrected chi connectivity index (χ4v) is 7.32. The third-order valence-corrected chi connectivity index (χ3v) is 10.8. The number of unbranched alkanes of at least 4 members (excludes halogenated alkanes) is 26. The van der Waals surface area contributed by atoms with Crippen LogP contribution in [0.1, 0.15) is 199 Å². The van der Waals surface area contributed by atoms with E-state index in [-0.39, 0.29) is 18.1 Å². The highest BCUT2D eigenvalue weighted by Crippen LogP contribution is 2.17. The molecule has 1 aromatic rings. The monoisotopic (exact) mass is 695 g/mol. The van der Waals surface area contributed by atoms with E-state index in [1.807, 2.05) is 6.92 Å². The van der Waals surface area contributed by atoms with Crippen LogP contribution in [0, 0.1) is 6.92 Å². The number of aryl methyl sites for hydroxylation is 1. The van der Waals surface area contributed by atoms with Crippen molar-refractivity contribution < 1.29 is 22.1 Å². The molecule has 48 heavy (non-hydrogen) atoms. The van der Waals surface area contributed by atoms with Crippen LogP contribution in [0.5, 0.6) is 0 Å². The standard InChI is InChI=1S/C42H78O5S/c1-4-6-8-10-12-14-16-18-20-22-24-26-28-30-36-45-38-41(47-48(43,44)42-34-32-40(3)33-35-42)39-46-37-31-29-27-25-23-21-19-17-15-13-11-9-7-5-2/h32-35,41H,4-31,36-39H2,1-3H3. The molecule has 0 aliphatic rings. The number of hydrogen-bond donors (Lipinski definition) is 0. The maximum Gasteiger partial charge on any atom is 0.297 e. The van der Waals surface area contributed by atoms with Crippen LogP contribution in [0.4, 0.5) is 0 Å². The topological polar surface area (TPSA) is 61.8 Å². The summed E-state index contributed by atoms with van der Waals surface area (Å²) in [6, 6.07) is 6.80. The number of ether oxygens (including phenoxy) is 2. The van der Waals surface area contributed by atoms with Crippen molar-refractivity contribution in [3.8, 4) is 0 Å². The van der Waals surface area contributed by atoms with Gasteiger partial charge in [-0.1, -0.05) is 198 Å². The molecule has 282 valence electrons. The van der Waals surface area contributed by atoms with Crippen molar-refractivity contribution in [1.82, 2.24) is 0 Å². The normalized spacial score (nSPS) is 12.0. The van der Waals surface area contributed by atoms with Gasteiger partial charge in [0.2, 0.25) is 0 Å². The molecular weight excluding hydrogens is 617 g/mol. The molecule has 0 amide bonds. The summed E-state index contributed by atoms with van der Waals surface area (Å²) in [5.74, 6) is 0. The van der Waals surface area contributed by atoms with Crippen LogP contribution in [0.25, 0.3) is 0 Å². The summed E-state index contributed by atoms with van der Waals surface area (Å²) in [6.45, 7) is 8.20. The molecule has 0 aromatic heterocycles. The van der Waals surface area contributed by atoms with Crippen molar-refractivity contribution in [2.24, 2.45) is 0 Å². The smallest absolute Gasteiger partial charge is 0.297 e. The molecule has 0 heterocycles. The van der Waals surface area contributed by atoms with E-state index in [1.54, 1.807) is 24.3 Å². The van der Waals surface area contributed by atoms with Gasteiger partial charge in [-0.15, -0.1) is 0 Å². The molecule has 0 unspecified atom stereocenters. The van der Waals surface area contributed by atoms with E-state index >= 15 is 0 Å². The lowest BCUT2D eigenvalue weighted by Gasteiger charge is -2.18. The molecular formula is C42H78O5S. The van der Waals surface area contributed by atoms with Gasteiger partial charge in [-0.25, -0.2) is 0 Å². The highest BCUT2D eigenvalue weighted by atomic mass is 32.2. The van der Waals surface area contributed by atoms with E-state index in [0.29, 0.717) is 13.2 Å². The van der Waals surface area contributed by atoms with Crippen LogP contribution in [-0.2, 0) is 23.8 Å². The van der Waals surface area contributed by atoms with E-state index in [2.05, 4.69) is 13.8 Å². The second kappa shape index (κ2) is 33.2. The molecule has 6 heteroatoms. The lowest BCUT2D eigenvalue weighted by Crippen LogP contribution is -2.29. The van der Waals surface area contributed by atoms with Crippen molar-refractivity contribution >= 4 is 10.1 Å². The van der Waals surface area contributed by atoms with Crippen molar-refractivity contribution in [2.45, 2.75) is 212 Å². The first-order chi connectivity index (χ1) is 23.5. The molecule has 5 nitrogen and oxygen atoms in total. The molecule has 0 N–H and O–H groups in total. The number of rotatable bonds is 37. The predicted octanol–water partition coefficient (Wildman–Crippen LogP) is 13.1. The Morgan fingerprint density at radius 2 is 0.750 bits per heavy atom. The van der Waals surface area contributed by atoms with Crippen LogP contribution in [-0.4, -0.2) is 40.9 Å². The fraction of sp³-hybridized carbons (Fsp3) is 0.857. The average molecular weight is 695 g/mol. The van der Waals surface area contributed by atoms with Crippen LogP contribution >= 0.6 is 0 Å². The second-order valence-corrected chi connectivity index (χ2v) is 15.9.